The van der Waals surface area contributed by atoms with E-state index in [0.29, 0.717) is 33.6 Å². The van der Waals surface area contributed by atoms with Gasteiger partial charge in [-0.1, -0.05) is 23.4 Å². The molecular formula is C17H15ClF2N2O3S. The highest BCUT2D eigenvalue weighted by Gasteiger charge is 2.18. The standard InChI is InChI=1S/C17H15ClF2N2O3S/c1-9-7-10(2)21-15(18)14(9)16(24)25-8-13(23)22-11-3-5-12(6-4-11)26-17(19)20/h3-7,17H,8H2,1-2H3,(H,22,23). The van der Waals surface area contributed by atoms with Crippen molar-refractivity contribution in [1.29, 1.82) is 0 Å². The SMILES string of the molecule is Cc1cc(C)c(C(=O)OCC(=O)Nc2ccc(SC(F)F)cc2)c(Cl)n1. The molecule has 1 heterocycles. The predicted molar refractivity (Wildman–Crippen MR) is 95.9 cm³/mol. The van der Waals surface area contributed by atoms with Crippen molar-refractivity contribution in [3.63, 3.8) is 0 Å². The maximum atomic E-state index is 12.3. The number of ether oxygens (including phenoxy) is 1. The number of anilines is 1. The molecule has 0 aliphatic carbocycles. The Morgan fingerprint density at radius 2 is 1.92 bits per heavy atom. The van der Waals surface area contributed by atoms with Crippen LogP contribution in [0.15, 0.2) is 35.2 Å². The van der Waals surface area contributed by atoms with E-state index in [-0.39, 0.29) is 10.7 Å². The van der Waals surface area contributed by atoms with Gasteiger partial charge in [-0.2, -0.15) is 8.78 Å². The summed E-state index contributed by atoms with van der Waals surface area (Å²) in [5.74, 6) is -3.83. The highest BCUT2D eigenvalue weighted by molar-refractivity contribution is 7.99. The number of carbonyl (C=O) groups is 2. The van der Waals surface area contributed by atoms with Gasteiger partial charge in [0.15, 0.2) is 6.61 Å². The van der Waals surface area contributed by atoms with Crippen LogP contribution in [0.25, 0.3) is 0 Å². The fourth-order valence-electron chi connectivity index (χ4n) is 2.16. The second-order valence-electron chi connectivity index (χ2n) is 5.27. The van der Waals surface area contributed by atoms with Gasteiger partial charge in [0.2, 0.25) is 0 Å². The van der Waals surface area contributed by atoms with Crippen molar-refractivity contribution in [2.45, 2.75) is 24.5 Å². The lowest BCUT2D eigenvalue weighted by atomic mass is 10.1. The highest BCUT2D eigenvalue weighted by atomic mass is 35.5. The molecule has 2 rings (SSSR count). The Hall–Kier alpha value is -2.19. The van der Waals surface area contributed by atoms with E-state index in [4.69, 9.17) is 16.3 Å². The minimum Gasteiger partial charge on any atom is -0.452 e. The van der Waals surface area contributed by atoms with Gasteiger partial charge in [0.05, 0.1) is 5.56 Å². The number of nitrogens with zero attached hydrogens (tertiary/aromatic N) is 1. The number of aryl methyl sites for hydroxylation is 2. The quantitative estimate of drug-likeness (QED) is 0.440. The smallest absolute Gasteiger partial charge is 0.342 e. The number of carbonyl (C=O) groups excluding carboxylic acids is 2. The van der Waals surface area contributed by atoms with E-state index in [2.05, 4.69) is 10.3 Å². The van der Waals surface area contributed by atoms with Gasteiger partial charge in [-0.15, -0.1) is 0 Å². The molecule has 5 nitrogen and oxygen atoms in total. The van der Waals surface area contributed by atoms with Gasteiger partial charge < -0.3 is 10.1 Å². The number of thioether (sulfide) groups is 1. The van der Waals surface area contributed by atoms with Gasteiger partial charge in [0.25, 0.3) is 11.7 Å². The first-order valence-electron chi connectivity index (χ1n) is 7.42. The van der Waals surface area contributed by atoms with E-state index in [0.717, 1.165) is 0 Å². The van der Waals surface area contributed by atoms with Crippen molar-refractivity contribution in [1.82, 2.24) is 4.98 Å². The largest absolute Gasteiger partial charge is 0.452 e. The molecule has 9 heteroatoms. The number of aromatic nitrogens is 1. The van der Waals surface area contributed by atoms with Crippen LogP contribution in [0.4, 0.5) is 14.5 Å². The van der Waals surface area contributed by atoms with Crippen LogP contribution >= 0.6 is 23.4 Å². The van der Waals surface area contributed by atoms with Crippen LogP contribution in [0.5, 0.6) is 0 Å². The Morgan fingerprint density at radius 1 is 1.27 bits per heavy atom. The zero-order valence-corrected chi connectivity index (χ0v) is 15.5. The number of esters is 1. The third-order valence-electron chi connectivity index (χ3n) is 3.20. The number of hydrogen-bond acceptors (Lipinski definition) is 5. The lowest BCUT2D eigenvalue weighted by molar-refractivity contribution is -0.119. The first-order valence-corrected chi connectivity index (χ1v) is 8.67. The van der Waals surface area contributed by atoms with Crippen molar-refractivity contribution >= 4 is 40.9 Å². The third-order valence-corrected chi connectivity index (χ3v) is 4.20. The normalized spacial score (nSPS) is 10.7. The van der Waals surface area contributed by atoms with Gasteiger partial charge in [0.1, 0.15) is 5.15 Å². The molecule has 0 saturated heterocycles. The molecule has 0 aliphatic heterocycles. The summed E-state index contributed by atoms with van der Waals surface area (Å²) in [5.41, 5.74) is 1.77. The first kappa shape index (κ1) is 20.1. The zero-order chi connectivity index (χ0) is 19.3. The van der Waals surface area contributed by atoms with E-state index < -0.39 is 24.2 Å². The molecule has 1 aromatic heterocycles. The Labute approximate surface area is 158 Å². The molecule has 0 bridgehead atoms. The summed E-state index contributed by atoms with van der Waals surface area (Å²) in [4.78, 5) is 28.3. The van der Waals surface area contributed by atoms with Crippen LogP contribution in [-0.4, -0.2) is 29.2 Å². The molecular weight excluding hydrogens is 386 g/mol. The molecule has 1 N–H and O–H groups in total. The maximum Gasteiger partial charge on any atom is 0.342 e. The molecule has 0 aliphatic rings. The Morgan fingerprint density at radius 3 is 2.50 bits per heavy atom. The minimum atomic E-state index is -2.51. The number of hydrogen-bond donors (Lipinski definition) is 1. The van der Waals surface area contributed by atoms with Crippen LogP contribution in [0.1, 0.15) is 21.6 Å². The second kappa shape index (κ2) is 8.95. The first-order chi connectivity index (χ1) is 12.3. The van der Waals surface area contributed by atoms with Crippen LogP contribution < -0.4 is 5.32 Å². The van der Waals surface area contributed by atoms with Crippen molar-refractivity contribution in [3.05, 3.63) is 52.3 Å². The maximum absolute atomic E-state index is 12.3. The molecule has 1 aromatic carbocycles. The van der Waals surface area contributed by atoms with Crippen molar-refractivity contribution in [2.75, 3.05) is 11.9 Å². The van der Waals surface area contributed by atoms with E-state index in [9.17, 15) is 18.4 Å². The zero-order valence-electron chi connectivity index (χ0n) is 13.9. The summed E-state index contributed by atoms with van der Waals surface area (Å²) in [7, 11) is 0. The van der Waals surface area contributed by atoms with E-state index in [1.54, 1.807) is 19.9 Å². The topological polar surface area (TPSA) is 68.3 Å². The van der Waals surface area contributed by atoms with E-state index in [1.165, 1.54) is 24.3 Å². The molecule has 1 amide bonds. The second-order valence-corrected chi connectivity index (χ2v) is 6.70. The average Bonchev–Trinajstić information content (AvgIpc) is 2.53. The van der Waals surface area contributed by atoms with Gasteiger partial charge in [-0.25, -0.2) is 9.78 Å². The van der Waals surface area contributed by atoms with Crippen molar-refractivity contribution in [3.8, 4) is 0 Å². The predicted octanol–water partition coefficient (Wildman–Crippen LogP) is 4.46. The average molecular weight is 401 g/mol. The van der Waals surface area contributed by atoms with Gasteiger partial charge in [-0.05, 0) is 49.7 Å². The lowest BCUT2D eigenvalue weighted by Gasteiger charge is -2.10. The van der Waals surface area contributed by atoms with E-state index >= 15 is 0 Å². The molecule has 0 unspecified atom stereocenters. The summed E-state index contributed by atoms with van der Waals surface area (Å²) in [6.07, 6.45) is 0. The van der Waals surface area contributed by atoms with Crippen LogP contribution in [0, 0.1) is 13.8 Å². The minimum absolute atomic E-state index is 0.0139. The van der Waals surface area contributed by atoms with Crippen LogP contribution in [0.2, 0.25) is 5.15 Å². The van der Waals surface area contributed by atoms with Crippen LogP contribution in [0.3, 0.4) is 0 Å². The number of alkyl halides is 2. The van der Waals surface area contributed by atoms with Crippen LogP contribution in [-0.2, 0) is 9.53 Å². The van der Waals surface area contributed by atoms with Gasteiger partial charge in [-0.3, -0.25) is 4.79 Å². The summed E-state index contributed by atoms with van der Waals surface area (Å²) < 4.78 is 29.5. The number of benzene rings is 1. The summed E-state index contributed by atoms with van der Waals surface area (Å²) in [5, 5.41) is 2.52. The fourth-order valence-corrected chi connectivity index (χ4v) is 3.01. The molecule has 0 spiro atoms. The molecule has 26 heavy (non-hydrogen) atoms. The van der Waals surface area contributed by atoms with Crippen molar-refractivity contribution in [2.24, 2.45) is 0 Å². The number of rotatable bonds is 6. The Kier molecular flexibility index (Phi) is 6.93. The highest BCUT2D eigenvalue weighted by Crippen LogP contribution is 2.26. The lowest BCUT2D eigenvalue weighted by Crippen LogP contribution is -2.21. The molecule has 0 fully saturated rings. The number of nitrogens with one attached hydrogen (secondary N) is 1. The Bertz CT molecular complexity index is 793. The molecule has 0 saturated carbocycles. The van der Waals surface area contributed by atoms with E-state index in [1.807, 2.05) is 0 Å². The number of halogens is 3. The molecule has 2 aromatic rings. The molecule has 0 atom stereocenters. The monoisotopic (exact) mass is 400 g/mol. The van der Waals surface area contributed by atoms with Gasteiger partial charge >= 0.3 is 5.97 Å². The summed E-state index contributed by atoms with van der Waals surface area (Å²) in [6.45, 7) is 2.92. The number of amides is 1. The Balaban J connectivity index is 1.91. The summed E-state index contributed by atoms with van der Waals surface area (Å²) >= 11 is 6.37. The molecule has 138 valence electrons. The van der Waals surface area contributed by atoms with Gasteiger partial charge in [0, 0.05) is 16.3 Å². The number of pyridine rings is 1. The summed E-state index contributed by atoms with van der Waals surface area (Å²) in [6, 6.07) is 7.56. The third kappa shape index (κ3) is 5.67. The van der Waals surface area contributed by atoms with Crippen molar-refractivity contribution < 1.29 is 23.1 Å². The molecule has 0 radical (unpaired) electrons. The fraction of sp³-hybridized carbons (Fsp3) is 0.235.